The van der Waals surface area contributed by atoms with Gasteiger partial charge in [-0.15, -0.1) is 0 Å². The number of thiocyanates is 1. The molecule has 0 saturated heterocycles. The van der Waals surface area contributed by atoms with Crippen LogP contribution in [0.2, 0.25) is 0 Å². The van der Waals surface area contributed by atoms with Crippen molar-refractivity contribution in [1.29, 1.82) is 5.26 Å². The van der Waals surface area contributed by atoms with E-state index in [0.29, 0.717) is 5.92 Å². The number of hydrogen-bond acceptors (Lipinski definition) is 4. The summed E-state index contributed by atoms with van der Waals surface area (Å²) in [4.78, 5) is 1.11. The van der Waals surface area contributed by atoms with Crippen molar-refractivity contribution >= 4 is 35.3 Å². The van der Waals surface area contributed by atoms with Gasteiger partial charge in [-0.2, -0.15) is 10.4 Å². The van der Waals surface area contributed by atoms with Crippen LogP contribution in [0.25, 0.3) is 0 Å². The van der Waals surface area contributed by atoms with E-state index >= 15 is 0 Å². The largest absolute Gasteiger partial charge is 0.375 e. The lowest BCUT2D eigenvalue weighted by atomic mass is 9.91. The Hall–Kier alpha value is -1.06. The maximum Gasteiger partial charge on any atom is 0.184 e. The van der Waals surface area contributed by atoms with Gasteiger partial charge in [0.15, 0.2) is 5.11 Å². The standard InChI is InChI=1S/C10H14N4S2/c1-7-2-3-9(16-6-11)8(4-7)5-13-14-10(12)15/h5,7H,2-4H2,1H3,(H3,12,14,15)/b13-5+. The predicted molar refractivity (Wildman–Crippen MR) is 71.7 cm³/mol. The van der Waals surface area contributed by atoms with Crippen LogP contribution >= 0.6 is 24.0 Å². The molecule has 0 heterocycles. The summed E-state index contributed by atoms with van der Waals surface area (Å²) in [6, 6.07) is 0. The first kappa shape index (κ1) is 13.0. The number of nitriles is 1. The lowest BCUT2D eigenvalue weighted by Gasteiger charge is -2.20. The molecule has 3 N–H and O–H groups in total. The van der Waals surface area contributed by atoms with E-state index in [-0.39, 0.29) is 5.11 Å². The molecular formula is C10H14N4S2. The van der Waals surface area contributed by atoms with Crippen molar-refractivity contribution in [3.05, 3.63) is 10.5 Å². The van der Waals surface area contributed by atoms with Crippen molar-refractivity contribution in [3.63, 3.8) is 0 Å². The molecule has 86 valence electrons. The quantitative estimate of drug-likeness (QED) is 0.349. The van der Waals surface area contributed by atoms with Crippen molar-refractivity contribution in [3.8, 4) is 5.40 Å². The molecule has 1 rings (SSSR count). The van der Waals surface area contributed by atoms with Crippen LogP contribution in [0.1, 0.15) is 26.2 Å². The fraction of sp³-hybridized carbons (Fsp3) is 0.500. The minimum atomic E-state index is 0.148. The van der Waals surface area contributed by atoms with Crippen LogP contribution < -0.4 is 11.2 Å². The van der Waals surface area contributed by atoms with Crippen molar-refractivity contribution in [2.45, 2.75) is 26.2 Å². The Labute approximate surface area is 105 Å². The Balaban J connectivity index is 2.73. The number of nitrogens with zero attached hydrogens (tertiary/aromatic N) is 2. The van der Waals surface area contributed by atoms with E-state index in [1.807, 2.05) is 0 Å². The van der Waals surface area contributed by atoms with Crippen LogP contribution in [0.15, 0.2) is 15.6 Å². The minimum absolute atomic E-state index is 0.148. The van der Waals surface area contributed by atoms with E-state index < -0.39 is 0 Å². The van der Waals surface area contributed by atoms with Gasteiger partial charge in [0, 0.05) is 4.91 Å². The van der Waals surface area contributed by atoms with Gasteiger partial charge in [-0.05, 0) is 54.7 Å². The third kappa shape index (κ3) is 4.21. The van der Waals surface area contributed by atoms with Crippen molar-refractivity contribution in [2.75, 3.05) is 0 Å². The van der Waals surface area contributed by atoms with E-state index in [1.165, 1.54) is 11.8 Å². The highest BCUT2D eigenvalue weighted by Crippen LogP contribution is 2.34. The van der Waals surface area contributed by atoms with Crippen LogP contribution in [0.5, 0.6) is 0 Å². The SMILES string of the molecule is CC1CCC(SC#N)=C(/C=N/NC(N)=S)C1. The lowest BCUT2D eigenvalue weighted by molar-refractivity contribution is 0.516. The molecule has 0 spiro atoms. The van der Waals surface area contributed by atoms with Crippen LogP contribution in [-0.4, -0.2) is 11.3 Å². The summed E-state index contributed by atoms with van der Waals surface area (Å²) in [6.07, 6.45) is 4.75. The average Bonchev–Trinajstić information content (AvgIpc) is 2.21. The molecule has 1 unspecified atom stereocenters. The molecule has 1 aliphatic rings. The van der Waals surface area contributed by atoms with Crippen LogP contribution in [0, 0.1) is 16.6 Å². The first-order chi connectivity index (χ1) is 7.63. The molecule has 0 aromatic rings. The third-order valence-corrected chi connectivity index (χ3v) is 3.25. The highest BCUT2D eigenvalue weighted by atomic mass is 32.2. The molecule has 6 heteroatoms. The molecule has 1 aliphatic carbocycles. The molecule has 0 aromatic heterocycles. The summed E-state index contributed by atoms with van der Waals surface area (Å²) < 4.78 is 0. The van der Waals surface area contributed by atoms with E-state index in [1.54, 1.807) is 6.21 Å². The summed E-state index contributed by atoms with van der Waals surface area (Å²) in [7, 11) is 0. The number of nitrogens with two attached hydrogens (primary N) is 1. The Morgan fingerprint density at radius 2 is 2.56 bits per heavy atom. The second-order valence-electron chi connectivity index (χ2n) is 3.72. The number of thioether (sulfide) groups is 1. The Kier molecular flexibility index (Phi) is 5.29. The van der Waals surface area contributed by atoms with Crippen molar-refractivity contribution in [2.24, 2.45) is 16.8 Å². The first-order valence-electron chi connectivity index (χ1n) is 5.00. The van der Waals surface area contributed by atoms with Gasteiger partial charge in [-0.3, -0.25) is 5.43 Å². The Morgan fingerprint density at radius 1 is 1.81 bits per heavy atom. The number of hydrogen-bond donors (Lipinski definition) is 2. The van der Waals surface area contributed by atoms with Crippen molar-refractivity contribution in [1.82, 2.24) is 5.43 Å². The normalized spacial score (nSPS) is 20.9. The molecule has 0 aliphatic heterocycles. The number of allylic oxidation sites excluding steroid dienone is 2. The van der Waals surface area contributed by atoms with Gasteiger partial charge in [0.25, 0.3) is 0 Å². The van der Waals surface area contributed by atoms with E-state index in [0.717, 1.165) is 29.7 Å². The lowest BCUT2D eigenvalue weighted by Crippen LogP contribution is -2.24. The van der Waals surface area contributed by atoms with Gasteiger partial charge in [-0.1, -0.05) is 6.92 Å². The van der Waals surface area contributed by atoms with Crippen LogP contribution in [0.3, 0.4) is 0 Å². The maximum atomic E-state index is 8.69. The molecule has 0 aromatic carbocycles. The second kappa shape index (κ2) is 6.51. The van der Waals surface area contributed by atoms with Gasteiger partial charge in [0.1, 0.15) is 5.40 Å². The Bertz CT molecular complexity index is 368. The zero-order valence-corrected chi connectivity index (χ0v) is 10.7. The van der Waals surface area contributed by atoms with Gasteiger partial charge < -0.3 is 5.73 Å². The predicted octanol–water partition coefficient (Wildman–Crippen LogP) is 2.09. The van der Waals surface area contributed by atoms with Gasteiger partial charge in [-0.25, -0.2) is 0 Å². The molecule has 16 heavy (non-hydrogen) atoms. The average molecular weight is 254 g/mol. The van der Waals surface area contributed by atoms with Gasteiger partial charge in [0.05, 0.1) is 6.21 Å². The second-order valence-corrected chi connectivity index (χ2v) is 5.04. The van der Waals surface area contributed by atoms with E-state index in [4.69, 9.17) is 11.0 Å². The summed E-state index contributed by atoms with van der Waals surface area (Å²) in [5.41, 5.74) is 8.89. The minimum Gasteiger partial charge on any atom is -0.375 e. The molecule has 0 amide bonds. The Morgan fingerprint density at radius 3 is 3.19 bits per heavy atom. The molecule has 0 bridgehead atoms. The third-order valence-electron chi connectivity index (χ3n) is 2.35. The smallest absolute Gasteiger partial charge is 0.184 e. The summed E-state index contributed by atoms with van der Waals surface area (Å²) in [5.74, 6) is 0.634. The summed E-state index contributed by atoms with van der Waals surface area (Å²) >= 11 is 5.87. The zero-order chi connectivity index (χ0) is 12.0. The zero-order valence-electron chi connectivity index (χ0n) is 9.06. The number of nitrogens with one attached hydrogen (secondary N) is 1. The highest BCUT2D eigenvalue weighted by Gasteiger charge is 2.17. The topological polar surface area (TPSA) is 74.2 Å². The van der Waals surface area contributed by atoms with E-state index in [2.05, 4.69) is 35.1 Å². The molecule has 0 fully saturated rings. The highest BCUT2D eigenvalue weighted by molar-refractivity contribution is 8.07. The molecule has 1 atom stereocenters. The molecule has 4 nitrogen and oxygen atoms in total. The monoisotopic (exact) mass is 254 g/mol. The summed E-state index contributed by atoms with van der Waals surface area (Å²) in [6.45, 7) is 2.20. The first-order valence-corrected chi connectivity index (χ1v) is 6.22. The molecular weight excluding hydrogens is 240 g/mol. The van der Waals surface area contributed by atoms with Gasteiger partial charge in [0.2, 0.25) is 0 Å². The van der Waals surface area contributed by atoms with Gasteiger partial charge >= 0.3 is 0 Å². The summed E-state index contributed by atoms with van der Waals surface area (Å²) in [5, 5.41) is 14.9. The molecule has 0 radical (unpaired) electrons. The van der Waals surface area contributed by atoms with Crippen LogP contribution in [0.4, 0.5) is 0 Å². The fourth-order valence-electron chi connectivity index (χ4n) is 1.60. The van der Waals surface area contributed by atoms with Crippen LogP contribution in [-0.2, 0) is 0 Å². The van der Waals surface area contributed by atoms with Crippen molar-refractivity contribution < 1.29 is 0 Å². The number of hydrazone groups is 1. The number of rotatable bonds is 3. The molecule has 0 saturated carbocycles. The fourth-order valence-corrected chi connectivity index (χ4v) is 2.25. The van der Waals surface area contributed by atoms with E-state index in [9.17, 15) is 0 Å². The number of thiocarbonyl (C=S) groups is 1. The maximum absolute atomic E-state index is 8.69.